The van der Waals surface area contributed by atoms with Crippen molar-refractivity contribution >= 4 is 5.71 Å². The third-order valence-corrected chi connectivity index (χ3v) is 3.32. The van der Waals surface area contributed by atoms with Gasteiger partial charge in [0.25, 0.3) is 0 Å². The van der Waals surface area contributed by atoms with Crippen LogP contribution in [0.4, 0.5) is 0 Å². The summed E-state index contributed by atoms with van der Waals surface area (Å²) < 4.78 is 0. The second kappa shape index (κ2) is 4.54. The molecule has 1 aliphatic rings. The van der Waals surface area contributed by atoms with Crippen molar-refractivity contribution in [3.63, 3.8) is 0 Å². The van der Waals surface area contributed by atoms with Crippen LogP contribution in [0.5, 0.6) is 0 Å². The van der Waals surface area contributed by atoms with E-state index in [2.05, 4.69) is 59.6 Å². The molecule has 0 amide bonds. The summed E-state index contributed by atoms with van der Waals surface area (Å²) in [7, 11) is 0. The quantitative estimate of drug-likeness (QED) is 0.733. The van der Waals surface area contributed by atoms with Crippen molar-refractivity contribution in [2.24, 2.45) is 4.99 Å². The molecule has 1 heteroatoms. The Morgan fingerprint density at radius 3 is 2.18 bits per heavy atom. The molecule has 3 rings (SSSR count). The molecule has 0 fully saturated rings. The van der Waals surface area contributed by atoms with Gasteiger partial charge in [-0.3, -0.25) is 4.99 Å². The molecule has 0 N–H and O–H groups in total. The van der Waals surface area contributed by atoms with Crippen LogP contribution in [0.2, 0.25) is 0 Å². The second-order valence-electron chi connectivity index (χ2n) is 4.47. The number of benzene rings is 2. The van der Waals surface area contributed by atoms with Crippen molar-refractivity contribution in [3.05, 3.63) is 71.8 Å². The highest BCUT2D eigenvalue weighted by atomic mass is 14.8. The Morgan fingerprint density at radius 2 is 1.47 bits per heavy atom. The normalized spacial score (nSPS) is 19.1. The van der Waals surface area contributed by atoms with Gasteiger partial charge in [-0.1, -0.05) is 60.7 Å². The summed E-state index contributed by atoms with van der Waals surface area (Å²) >= 11 is 0. The largest absolute Gasteiger partial charge is 0.288 e. The Kier molecular flexibility index (Phi) is 2.74. The average Bonchev–Trinajstić information content (AvgIpc) is 2.90. The highest BCUT2D eigenvalue weighted by Crippen LogP contribution is 2.27. The fourth-order valence-corrected chi connectivity index (χ4v) is 2.37. The highest BCUT2D eigenvalue weighted by Gasteiger charge is 2.20. The molecule has 1 atom stereocenters. The topological polar surface area (TPSA) is 12.4 Å². The minimum atomic E-state index is 0.561. The molecule has 0 bridgehead atoms. The molecule has 2 aromatic rings. The Bertz CT molecular complexity index is 514. The average molecular weight is 221 g/mol. The lowest BCUT2D eigenvalue weighted by molar-refractivity contribution is 0.779. The van der Waals surface area contributed by atoms with Crippen molar-refractivity contribution < 1.29 is 0 Å². The number of hydrogen-bond acceptors (Lipinski definition) is 1. The van der Waals surface area contributed by atoms with E-state index in [-0.39, 0.29) is 0 Å². The smallest absolute Gasteiger partial charge is 0.0465 e. The van der Waals surface area contributed by atoms with Crippen molar-refractivity contribution in [1.82, 2.24) is 0 Å². The Hall–Kier alpha value is -1.89. The van der Waals surface area contributed by atoms with Gasteiger partial charge in [0.2, 0.25) is 0 Å². The zero-order chi connectivity index (χ0) is 11.5. The van der Waals surface area contributed by atoms with Crippen molar-refractivity contribution in [3.8, 4) is 0 Å². The van der Waals surface area contributed by atoms with E-state index < -0.39 is 0 Å². The Morgan fingerprint density at radius 1 is 0.824 bits per heavy atom. The van der Waals surface area contributed by atoms with Crippen LogP contribution >= 0.6 is 0 Å². The molecule has 84 valence electrons. The molecule has 17 heavy (non-hydrogen) atoms. The summed E-state index contributed by atoms with van der Waals surface area (Å²) in [5.41, 5.74) is 3.92. The molecule has 0 spiro atoms. The first kappa shape index (κ1) is 10.3. The Labute approximate surface area is 102 Å². The van der Waals surface area contributed by atoms with Gasteiger partial charge < -0.3 is 0 Å². The molecular formula is C16H15N. The van der Waals surface area contributed by atoms with Crippen LogP contribution in [0, 0.1) is 0 Å². The second-order valence-corrected chi connectivity index (χ2v) is 4.47. The van der Waals surface area contributed by atoms with E-state index in [1.807, 2.05) is 6.07 Å². The van der Waals surface area contributed by atoms with Gasteiger partial charge >= 0.3 is 0 Å². The van der Waals surface area contributed by atoms with E-state index in [1.54, 1.807) is 0 Å². The van der Waals surface area contributed by atoms with Gasteiger partial charge in [0, 0.05) is 18.2 Å². The predicted molar refractivity (Wildman–Crippen MR) is 71.6 cm³/mol. The zero-order valence-corrected chi connectivity index (χ0v) is 9.71. The third-order valence-electron chi connectivity index (χ3n) is 3.32. The lowest BCUT2D eigenvalue weighted by Gasteiger charge is -2.08. The summed E-state index contributed by atoms with van der Waals surface area (Å²) in [6, 6.07) is 21.2. The van der Waals surface area contributed by atoms with Crippen LogP contribution in [0.25, 0.3) is 0 Å². The lowest BCUT2D eigenvalue weighted by Crippen LogP contribution is -2.01. The first-order chi connectivity index (χ1) is 8.43. The van der Waals surface area contributed by atoms with Gasteiger partial charge in [0.05, 0.1) is 0 Å². The maximum Gasteiger partial charge on any atom is 0.0465 e. The lowest BCUT2D eigenvalue weighted by atomic mass is 9.94. The SMILES string of the molecule is c1ccc(C2=NC[C@H](c3ccccc3)C2)cc1. The van der Waals surface area contributed by atoms with Crippen molar-refractivity contribution in [2.75, 3.05) is 6.54 Å². The minimum absolute atomic E-state index is 0.561. The molecule has 0 radical (unpaired) electrons. The van der Waals surface area contributed by atoms with Crippen molar-refractivity contribution in [2.45, 2.75) is 12.3 Å². The number of hydrogen-bond donors (Lipinski definition) is 0. The number of aliphatic imine (C=N–C) groups is 1. The molecular weight excluding hydrogens is 206 g/mol. The van der Waals surface area contributed by atoms with Crippen LogP contribution in [0.3, 0.4) is 0 Å². The molecule has 0 saturated heterocycles. The van der Waals surface area contributed by atoms with E-state index in [9.17, 15) is 0 Å². The van der Waals surface area contributed by atoms with E-state index in [4.69, 9.17) is 0 Å². The molecule has 0 unspecified atom stereocenters. The van der Waals surface area contributed by atoms with Crippen LogP contribution in [-0.2, 0) is 0 Å². The summed E-state index contributed by atoms with van der Waals surface area (Å²) in [6.07, 6.45) is 1.06. The maximum atomic E-state index is 4.68. The van der Waals surface area contributed by atoms with E-state index in [0.29, 0.717) is 5.92 Å². The van der Waals surface area contributed by atoms with Gasteiger partial charge in [-0.05, 0) is 17.5 Å². The van der Waals surface area contributed by atoms with Gasteiger partial charge in [0.1, 0.15) is 0 Å². The van der Waals surface area contributed by atoms with E-state index in [1.165, 1.54) is 16.8 Å². The van der Waals surface area contributed by atoms with Gasteiger partial charge in [-0.25, -0.2) is 0 Å². The summed E-state index contributed by atoms with van der Waals surface area (Å²) in [5, 5.41) is 0. The Balaban J connectivity index is 1.78. The fourth-order valence-electron chi connectivity index (χ4n) is 2.37. The van der Waals surface area contributed by atoms with E-state index >= 15 is 0 Å². The molecule has 0 saturated carbocycles. The van der Waals surface area contributed by atoms with Crippen LogP contribution in [-0.4, -0.2) is 12.3 Å². The van der Waals surface area contributed by atoms with E-state index in [0.717, 1.165) is 13.0 Å². The van der Waals surface area contributed by atoms with Crippen LogP contribution in [0.1, 0.15) is 23.5 Å². The maximum absolute atomic E-state index is 4.68. The summed E-state index contributed by atoms with van der Waals surface area (Å²) in [4.78, 5) is 4.68. The summed E-state index contributed by atoms with van der Waals surface area (Å²) in [6.45, 7) is 0.925. The number of rotatable bonds is 2. The first-order valence-electron chi connectivity index (χ1n) is 6.07. The van der Waals surface area contributed by atoms with Gasteiger partial charge in [-0.2, -0.15) is 0 Å². The molecule has 2 aromatic carbocycles. The monoisotopic (exact) mass is 221 g/mol. The third kappa shape index (κ3) is 2.14. The highest BCUT2D eigenvalue weighted by molar-refractivity contribution is 6.02. The predicted octanol–water partition coefficient (Wildman–Crippen LogP) is 3.66. The molecule has 0 aliphatic carbocycles. The molecule has 0 aromatic heterocycles. The molecule has 1 aliphatic heterocycles. The van der Waals surface area contributed by atoms with Gasteiger partial charge in [0.15, 0.2) is 0 Å². The minimum Gasteiger partial charge on any atom is -0.288 e. The zero-order valence-electron chi connectivity index (χ0n) is 9.71. The van der Waals surface area contributed by atoms with Crippen molar-refractivity contribution in [1.29, 1.82) is 0 Å². The summed E-state index contributed by atoms with van der Waals surface area (Å²) in [5.74, 6) is 0.561. The number of nitrogens with zero attached hydrogens (tertiary/aromatic N) is 1. The van der Waals surface area contributed by atoms with Gasteiger partial charge in [-0.15, -0.1) is 0 Å². The molecule has 1 heterocycles. The fraction of sp³-hybridized carbons (Fsp3) is 0.188. The van der Waals surface area contributed by atoms with Crippen LogP contribution in [0.15, 0.2) is 65.7 Å². The first-order valence-corrected chi connectivity index (χ1v) is 6.07. The van der Waals surface area contributed by atoms with Crippen LogP contribution < -0.4 is 0 Å². The standard InChI is InChI=1S/C16H15N/c1-3-7-13(8-4-1)15-11-16(17-12-15)14-9-5-2-6-10-14/h1-10,15H,11-12H2/t15-/m1/s1. The molecule has 1 nitrogen and oxygen atoms in total.